The van der Waals surface area contributed by atoms with Crippen molar-refractivity contribution in [1.82, 2.24) is 19.5 Å². The number of fused-ring (bicyclic) bond motifs is 1. The van der Waals surface area contributed by atoms with Crippen molar-refractivity contribution in [1.29, 1.82) is 0 Å². The second-order valence-corrected chi connectivity index (χ2v) is 5.91. The maximum Gasteiger partial charge on any atom is 0.318 e. The van der Waals surface area contributed by atoms with Gasteiger partial charge >= 0.3 is 6.01 Å². The molecule has 0 spiro atoms. The summed E-state index contributed by atoms with van der Waals surface area (Å²) in [4.78, 5) is 25.7. The fraction of sp³-hybridized carbons (Fsp3) is 0.333. The molecule has 0 atom stereocenters. The molecule has 0 aliphatic carbocycles. The van der Waals surface area contributed by atoms with Gasteiger partial charge in [-0.05, 0) is 12.0 Å². The Morgan fingerprint density at radius 2 is 1.92 bits per heavy atom. The highest BCUT2D eigenvalue weighted by Crippen LogP contribution is 2.15. The summed E-state index contributed by atoms with van der Waals surface area (Å²) in [5.74, 6) is 0.0342. The number of methoxy groups -OCH3 is 1. The van der Waals surface area contributed by atoms with Crippen LogP contribution in [0, 0.1) is 0 Å². The first-order valence-corrected chi connectivity index (χ1v) is 7.95. The van der Waals surface area contributed by atoms with Gasteiger partial charge in [0, 0.05) is 12.5 Å². The monoisotopic (exact) mass is 324 g/mol. The van der Waals surface area contributed by atoms with Gasteiger partial charge < -0.3 is 4.74 Å². The summed E-state index contributed by atoms with van der Waals surface area (Å²) in [6, 6.07) is 10.3. The zero-order chi connectivity index (χ0) is 17.1. The molecular formula is C18H20N4O2. The largest absolute Gasteiger partial charge is 0.467 e. The number of hydrogen-bond donors (Lipinski definition) is 0. The van der Waals surface area contributed by atoms with E-state index in [0.29, 0.717) is 23.4 Å². The molecule has 0 fully saturated rings. The van der Waals surface area contributed by atoms with Crippen molar-refractivity contribution in [3.63, 3.8) is 0 Å². The van der Waals surface area contributed by atoms with E-state index < -0.39 is 0 Å². The lowest BCUT2D eigenvalue weighted by Gasteiger charge is -2.13. The van der Waals surface area contributed by atoms with E-state index in [-0.39, 0.29) is 17.5 Å². The molecule has 6 nitrogen and oxygen atoms in total. The first kappa shape index (κ1) is 16.1. The fourth-order valence-corrected chi connectivity index (χ4v) is 2.61. The third-order valence-corrected chi connectivity index (χ3v) is 3.89. The van der Waals surface area contributed by atoms with Gasteiger partial charge in [0.1, 0.15) is 11.2 Å². The highest BCUT2D eigenvalue weighted by Gasteiger charge is 2.15. The van der Waals surface area contributed by atoms with Crippen LogP contribution in [0.2, 0.25) is 0 Å². The predicted molar refractivity (Wildman–Crippen MR) is 92.4 cm³/mol. The minimum absolute atomic E-state index is 0.0342. The minimum atomic E-state index is -0.103. The van der Waals surface area contributed by atoms with Crippen molar-refractivity contribution in [3.05, 3.63) is 58.1 Å². The summed E-state index contributed by atoms with van der Waals surface area (Å²) in [7, 11) is 1.50. The molecular weight excluding hydrogens is 304 g/mol. The average molecular weight is 324 g/mol. The molecule has 3 aromatic rings. The van der Waals surface area contributed by atoms with Crippen LogP contribution in [0.1, 0.15) is 31.0 Å². The molecule has 24 heavy (non-hydrogen) atoms. The van der Waals surface area contributed by atoms with Crippen LogP contribution in [0.25, 0.3) is 11.2 Å². The van der Waals surface area contributed by atoms with Crippen LogP contribution in [0.4, 0.5) is 0 Å². The van der Waals surface area contributed by atoms with Gasteiger partial charge in [0.25, 0.3) is 5.56 Å². The van der Waals surface area contributed by atoms with E-state index in [0.717, 1.165) is 6.42 Å². The quantitative estimate of drug-likeness (QED) is 0.721. The SMILES string of the molecule is COc1ncc2nc(C(C)C)c(=O)n(CCc3ccccc3)c2n1. The number of benzene rings is 1. The summed E-state index contributed by atoms with van der Waals surface area (Å²) in [5.41, 5.74) is 2.71. The minimum Gasteiger partial charge on any atom is -0.467 e. The smallest absolute Gasteiger partial charge is 0.318 e. The normalized spacial score (nSPS) is 11.2. The summed E-state index contributed by atoms with van der Waals surface area (Å²) in [6.45, 7) is 4.45. The van der Waals surface area contributed by atoms with E-state index >= 15 is 0 Å². The number of aryl methyl sites for hydroxylation is 2. The van der Waals surface area contributed by atoms with E-state index in [4.69, 9.17) is 4.74 Å². The zero-order valence-electron chi connectivity index (χ0n) is 14.1. The van der Waals surface area contributed by atoms with E-state index in [2.05, 4.69) is 15.0 Å². The Hall–Kier alpha value is -2.76. The lowest BCUT2D eigenvalue weighted by atomic mass is 10.1. The zero-order valence-corrected chi connectivity index (χ0v) is 14.1. The molecule has 0 unspecified atom stereocenters. The summed E-state index contributed by atoms with van der Waals surface area (Å²) in [6.07, 6.45) is 2.34. The lowest BCUT2D eigenvalue weighted by Crippen LogP contribution is -2.28. The van der Waals surface area contributed by atoms with E-state index in [9.17, 15) is 4.79 Å². The lowest BCUT2D eigenvalue weighted by molar-refractivity contribution is 0.380. The number of rotatable bonds is 5. The molecule has 3 rings (SSSR count). The molecule has 0 N–H and O–H groups in total. The Kier molecular flexibility index (Phi) is 4.55. The number of nitrogens with zero attached hydrogens (tertiary/aromatic N) is 4. The Balaban J connectivity index is 2.11. The Labute approximate surface area is 140 Å². The van der Waals surface area contributed by atoms with Gasteiger partial charge in [-0.2, -0.15) is 4.98 Å². The van der Waals surface area contributed by atoms with Crippen molar-refractivity contribution >= 4 is 11.2 Å². The Bertz CT molecular complexity index is 904. The molecule has 6 heteroatoms. The summed E-state index contributed by atoms with van der Waals surface area (Å²) < 4.78 is 6.77. The van der Waals surface area contributed by atoms with Gasteiger partial charge in [0.2, 0.25) is 0 Å². The second-order valence-electron chi connectivity index (χ2n) is 5.91. The van der Waals surface area contributed by atoms with Crippen molar-refractivity contribution in [2.75, 3.05) is 7.11 Å². The highest BCUT2D eigenvalue weighted by atomic mass is 16.5. The molecule has 1 aromatic carbocycles. The van der Waals surface area contributed by atoms with Crippen LogP contribution in [0.5, 0.6) is 6.01 Å². The predicted octanol–water partition coefficient (Wildman–Crippen LogP) is 2.56. The van der Waals surface area contributed by atoms with Gasteiger partial charge in [-0.3, -0.25) is 9.36 Å². The molecule has 0 saturated carbocycles. The molecule has 0 bridgehead atoms. The standard InChI is InChI=1S/C18H20N4O2/c1-12(2)15-17(23)22(10-9-13-7-5-4-6-8-13)16-14(20-15)11-19-18(21-16)24-3/h4-8,11-12H,9-10H2,1-3H3. The summed E-state index contributed by atoms with van der Waals surface area (Å²) in [5, 5.41) is 0. The van der Waals surface area contributed by atoms with Crippen molar-refractivity contribution in [3.8, 4) is 6.01 Å². The molecule has 0 aliphatic heterocycles. The van der Waals surface area contributed by atoms with Crippen molar-refractivity contribution < 1.29 is 4.74 Å². The Morgan fingerprint density at radius 1 is 1.17 bits per heavy atom. The molecule has 0 aliphatic rings. The van der Waals surface area contributed by atoms with Gasteiger partial charge in [-0.15, -0.1) is 0 Å². The molecule has 2 heterocycles. The van der Waals surface area contributed by atoms with Crippen LogP contribution in [-0.4, -0.2) is 26.6 Å². The Morgan fingerprint density at radius 3 is 2.58 bits per heavy atom. The van der Waals surface area contributed by atoms with Gasteiger partial charge in [-0.25, -0.2) is 9.97 Å². The molecule has 124 valence electrons. The van der Waals surface area contributed by atoms with Crippen LogP contribution in [0.15, 0.2) is 41.3 Å². The third-order valence-electron chi connectivity index (χ3n) is 3.89. The van der Waals surface area contributed by atoms with Crippen molar-refractivity contribution in [2.24, 2.45) is 0 Å². The van der Waals surface area contributed by atoms with Gasteiger partial charge in [0.15, 0.2) is 5.65 Å². The fourth-order valence-electron chi connectivity index (χ4n) is 2.61. The van der Waals surface area contributed by atoms with Gasteiger partial charge in [0.05, 0.1) is 13.3 Å². The van der Waals surface area contributed by atoms with E-state index in [1.54, 1.807) is 10.8 Å². The number of ether oxygens (including phenoxy) is 1. The summed E-state index contributed by atoms with van der Waals surface area (Å²) >= 11 is 0. The van der Waals surface area contributed by atoms with Gasteiger partial charge in [-0.1, -0.05) is 44.2 Å². The number of aromatic nitrogens is 4. The molecule has 0 radical (unpaired) electrons. The third kappa shape index (κ3) is 3.13. The maximum atomic E-state index is 12.8. The molecule has 0 amide bonds. The topological polar surface area (TPSA) is 69.9 Å². The first-order chi connectivity index (χ1) is 11.6. The van der Waals surface area contributed by atoms with Crippen LogP contribution in [-0.2, 0) is 13.0 Å². The average Bonchev–Trinajstić information content (AvgIpc) is 2.60. The van der Waals surface area contributed by atoms with E-state index in [1.165, 1.54) is 12.7 Å². The number of hydrogen-bond acceptors (Lipinski definition) is 5. The van der Waals surface area contributed by atoms with Crippen LogP contribution in [0.3, 0.4) is 0 Å². The van der Waals surface area contributed by atoms with E-state index in [1.807, 2.05) is 44.2 Å². The molecule has 2 aromatic heterocycles. The van der Waals surface area contributed by atoms with Crippen LogP contribution >= 0.6 is 0 Å². The first-order valence-electron chi connectivity index (χ1n) is 7.95. The van der Waals surface area contributed by atoms with Crippen molar-refractivity contribution in [2.45, 2.75) is 32.7 Å². The molecule has 0 saturated heterocycles. The second kappa shape index (κ2) is 6.78. The van der Waals surface area contributed by atoms with Crippen LogP contribution < -0.4 is 10.3 Å². The maximum absolute atomic E-state index is 12.8. The highest BCUT2D eigenvalue weighted by molar-refractivity contribution is 5.69.